The van der Waals surface area contributed by atoms with Gasteiger partial charge in [0.1, 0.15) is 0 Å². The zero-order valence-corrected chi connectivity index (χ0v) is 19.6. The van der Waals surface area contributed by atoms with Crippen molar-refractivity contribution in [2.45, 2.75) is 4.90 Å². The molecule has 1 aliphatic rings. The summed E-state index contributed by atoms with van der Waals surface area (Å²) in [5.41, 5.74) is 1.26. The van der Waals surface area contributed by atoms with Crippen molar-refractivity contribution in [3.63, 3.8) is 0 Å². The standard InChI is InChI=1S/C25H20N2O7S/c1-27(2)35(32,33)17-7-5-6-15(12-17)25(31)34-14-22(28)26-16-10-11-20-21(13-16)24(30)19-9-4-3-8-18(19)23(20)29/h3-13H,14H2,1-2H3,(H,26,28). The van der Waals surface area contributed by atoms with Crippen LogP contribution in [0, 0.1) is 0 Å². The summed E-state index contributed by atoms with van der Waals surface area (Å²) in [4.78, 5) is 50.1. The first-order valence-corrected chi connectivity index (χ1v) is 11.9. The molecule has 3 aromatic carbocycles. The van der Waals surface area contributed by atoms with E-state index < -0.39 is 28.5 Å². The van der Waals surface area contributed by atoms with Gasteiger partial charge in [-0.05, 0) is 36.4 Å². The van der Waals surface area contributed by atoms with Gasteiger partial charge >= 0.3 is 5.97 Å². The zero-order valence-electron chi connectivity index (χ0n) is 18.8. The number of nitrogens with one attached hydrogen (secondary N) is 1. The molecule has 0 spiro atoms. The van der Waals surface area contributed by atoms with E-state index in [0.29, 0.717) is 11.1 Å². The van der Waals surface area contributed by atoms with Gasteiger partial charge in [0.2, 0.25) is 10.0 Å². The highest BCUT2D eigenvalue weighted by Crippen LogP contribution is 2.29. The summed E-state index contributed by atoms with van der Waals surface area (Å²) in [6.45, 7) is -0.643. The highest BCUT2D eigenvalue weighted by atomic mass is 32.2. The third kappa shape index (κ3) is 4.61. The zero-order chi connectivity index (χ0) is 25.3. The molecule has 4 rings (SSSR count). The fraction of sp³-hybridized carbons (Fsp3) is 0.120. The van der Waals surface area contributed by atoms with Gasteiger partial charge < -0.3 is 10.1 Å². The van der Waals surface area contributed by atoms with Crippen LogP contribution in [0.4, 0.5) is 5.69 Å². The molecule has 0 aliphatic heterocycles. The molecule has 3 aromatic rings. The Morgan fingerprint density at radius 3 is 2.11 bits per heavy atom. The normalized spacial score (nSPS) is 12.7. The largest absolute Gasteiger partial charge is 0.452 e. The summed E-state index contributed by atoms with van der Waals surface area (Å²) >= 11 is 0. The molecule has 0 bridgehead atoms. The molecule has 0 aromatic heterocycles. The third-order valence-electron chi connectivity index (χ3n) is 5.39. The van der Waals surface area contributed by atoms with Crippen LogP contribution in [0.2, 0.25) is 0 Å². The monoisotopic (exact) mass is 492 g/mol. The minimum Gasteiger partial charge on any atom is -0.452 e. The Balaban J connectivity index is 1.43. The fourth-order valence-corrected chi connectivity index (χ4v) is 4.53. The SMILES string of the molecule is CN(C)S(=O)(=O)c1cccc(C(=O)OCC(=O)Nc2ccc3c(c2)C(=O)c2ccccc2C3=O)c1. The smallest absolute Gasteiger partial charge is 0.338 e. The van der Waals surface area contributed by atoms with Gasteiger partial charge in [-0.25, -0.2) is 17.5 Å². The van der Waals surface area contributed by atoms with E-state index in [0.717, 1.165) is 4.31 Å². The molecule has 178 valence electrons. The number of sulfonamides is 1. The number of benzene rings is 3. The molecule has 0 saturated heterocycles. The molecule has 0 fully saturated rings. The summed E-state index contributed by atoms with van der Waals surface area (Å²) in [7, 11) is -1.01. The van der Waals surface area contributed by atoms with Gasteiger partial charge in [-0.2, -0.15) is 0 Å². The fourth-order valence-electron chi connectivity index (χ4n) is 3.58. The highest BCUT2D eigenvalue weighted by Gasteiger charge is 2.29. The number of carbonyl (C=O) groups is 4. The lowest BCUT2D eigenvalue weighted by Gasteiger charge is -2.18. The summed E-state index contributed by atoms with van der Waals surface area (Å²) in [6.07, 6.45) is 0. The Hall–Kier alpha value is -4.15. The molecule has 0 unspecified atom stereocenters. The maximum absolute atomic E-state index is 12.8. The number of carbonyl (C=O) groups excluding carboxylic acids is 4. The summed E-state index contributed by atoms with van der Waals surface area (Å²) in [6, 6.07) is 16.1. The molecule has 10 heteroatoms. The van der Waals surface area contributed by atoms with Crippen molar-refractivity contribution in [2.24, 2.45) is 0 Å². The maximum atomic E-state index is 12.8. The molecule has 9 nitrogen and oxygen atoms in total. The number of amides is 1. The van der Waals surface area contributed by atoms with Gasteiger partial charge in [-0.1, -0.05) is 30.3 Å². The van der Waals surface area contributed by atoms with Crippen LogP contribution in [0.5, 0.6) is 0 Å². The first kappa shape index (κ1) is 24.0. The number of hydrogen-bond acceptors (Lipinski definition) is 7. The van der Waals surface area contributed by atoms with Crippen LogP contribution in [0.1, 0.15) is 42.2 Å². The first-order chi connectivity index (χ1) is 16.6. The van der Waals surface area contributed by atoms with Gasteiger partial charge in [0, 0.05) is 42.0 Å². The number of nitrogens with zero attached hydrogens (tertiary/aromatic N) is 1. The Morgan fingerprint density at radius 1 is 0.829 bits per heavy atom. The van der Waals surface area contributed by atoms with Crippen LogP contribution in [0.3, 0.4) is 0 Å². The Labute approximate surface area is 201 Å². The van der Waals surface area contributed by atoms with Gasteiger partial charge in [-0.3, -0.25) is 14.4 Å². The van der Waals surface area contributed by atoms with E-state index in [2.05, 4.69) is 5.32 Å². The van der Waals surface area contributed by atoms with Gasteiger partial charge in [0.05, 0.1) is 10.5 Å². The Bertz CT molecular complexity index is 1490. The van der Waals surface area contributed by atoms with Crippen LogP contribution >= 0.6 is 0 Å². The van der Waals surface area contributed by atoms with Crippen molar-refractivity contribution in [3.8, 4) is 0 Å². The minimum atomic E-state index is -3.74. The summed E-state index contributed by atoms with van der Waals surface area (Å²) in [5.74, 6) is -2.16. The average Bonchev–Trinajstić information content (AvgIpc) is 2.85. The number of ether oxygens (including phenoxy) is 1. The van der Waals surface area contributed by atoms with Crippen molar-refractivity contribution in [2.75, 3.05) is 26.0 Å². The number of rotatable bonds is 6. The number of esters is 1. The summed E-state index contributed by atoms with van der Waals surface area (Å²) in [5, 5.41) is 2.53. The second-order valence-electron chi connectivity index (χ2n) is 7.90. The van der Waals surface area contributed by atoms with Crippen LogP contribution in [0.25, 0.3) is 0 Å². The molecule has 0 radical (unpaired) electrons. The molecule has 1 N–H and O–H groups in total. The maximum Gasteiger partial charge on any atom is 0.338 e. The molecular weight excluding hydrogens is 472 g/mol. The summed E-state index contributed by atoms with van der Waals surface area (Å²) < 4.78 is 30.5. The number of anilines is 1. The van der Waals surface area contributed by atoms with E-state index >= 15 is 0 Å². The van der Waals surface area contributed by atoms with E-state index in [9.17, 15) is 27.6 Å². The lowest BCUT2D eigenvalue weighted by molar-refractivity contribution is -0.119. The van der Waals surface area contributed by atoms with Gasteiger partial charge in [-0.15, -0.1) is 0 Å². The molecule has 1 aliphatic carbocycles. The minimum absolute atomic E-state index is 0.0303. The van der Waals surface area contributed by atoms with E-state index in [1.165, 1.54) is 56.6 Å². The lowest BCUT2D eigenvalue weighted by Crippen LogP contribution is -2.24. The number of hydrogen-bond donors (Lipinski definition) is 1. The van der Waals surface area contributed by atoms with E-state index in [1.54, 1.807) is 24.3 Å². The third-order valence-corrected chi connectivity index (χ3v) is 7.20. The predicted molar refractivity (Wildman–Crippen MR) is 126 cm³/mol. The van der Waals surface area contributed by atoms with Gasteiger partial charge in [0.25, 0.3) is 5.91 Å². The van der Waals surface area contributed by atoms with Gasteiger partial charge in [0.15, 0.2) is 18.2 Å². The van der Waals surface area contributed by atoms with Crippen LogP contribution in [-0.4, -0.2) is 56.9 Å². The quantitative estimate of drug-likeness (QED) is 0.410. The molecule has 0 atom stereocenters. The van der Waals surface area contributed by atoms with E-state index in [-0.39, 0.29) is 38.8 Å². The second-order valence-corrected chi connectivity index (χ2v) is 10.1. The van der Waals surface area contributed by atoms with Crippen LogP contribution < -0.4 is 5.32 Å². The molecule has 1 amide bonds. The topological polar surface area (TPSA) is 127 Å². The Morgan fingerprint density at radius 2 is 1.46 bits per heavy atom. The Kier molecular flexibility index (Phi) is 6.33. The van der Waals surface area contributed by atoms with Crippen LogP contribution in [-0.2, 0) is 19.6 Å². The highest BCUT2D eigenvalue weighted by molar-refractivity contribution is 7.89. The predicted octanol–water partition coefficient (Wildman–Crippen LogP) is 2.51. The second kappa shape index (κ2) is 9.24. The molecule has 0 heterocycles. The molecular formula is C25H20N2O7S. The number of ketones is 2. The average molecular weight is 493 g/mol. The van der Waals surface area contributed by atoms with Crippen LogP contribution in [0.15, 0.2) is 71.6 Å². The van der Waals surface area contributed by atoms with Crippen molar-refractivity contribution in [1.82, 2.24) is 4.31 Å². The van der Waals surface area contributed by atoms with Crippen molar-refractivity contribution in [1.29, 1.82) is 0 Å². The molecule has 35 heavy (non-hydrogen) atoms. The van der Waals surface area contributed by atoms with Crippen molar-refractivity contribution in [3.05, 3.63) is 94.5 Å². The van der Waals surface area contributed by atoms with E-state index in [4.69, 9.17) is 4.74 Å². The first-order valence-electron chi connectivity index (χ1n) is 10.4. The molecule has 0 saturated carbocycles. The van der Waals surface area contributed by atoms with E-state index in [1.807, 2.05) is 0 Å². The lowest BCUT2D eigenvalue weighted by atomic mass is 9.84. The van der Waals surface area contributed by atoms with Crippen molar-refractivity contribution >= 4 is 39.2 Å². The van der Waals surface area contributed by atoms with Crippen molar-refractivity contribution < 1.29 is 32.3 Å². The number of fused-ring (bicyclic) bond motifs is 2.